The van der Waals surface area contributed by atoms with E-state index in [2.05, 4.69) is 24.0 Å². The molecule has 0 saturated carbocycles. The molecule has 0 radical (unpaired) electrons. The van der Waals surface area contributed by atoms with Crippen LogP contribution in [-0.4, -0.2) is 38.3 Å². The topological polar surface area (TPSA) is 21.7 Å². The van der Waals surface area contributed by atoms with Crippen molar-refractivity contribution in [1.82, 2.24) is 4.90 Å². The first-order chi connectivity index (χ1) is 9.79. The van der Waals surface area contributed by atoms with Crippen LogP contribution in [0.5, 0.6) is 11.5 Å². The molecule has 0 spiro atoms. The summed E-state index contributed by atoms with van der Waals surface area (Å²) in [5, 5.41) is 0. The third kappa shape index (κ3) is 5.98. The van der Waals surface area contributed by atoms with E-state index in [1.807, 2.05) is 24.3 Å². The molecule has 1 fully saturated rings. The molecule has 1 aliphatic heterocycles. The van der Waals surface area contributed by atoms with Crippen molar-refractivity contribution in [2.45, 2.75) is 19.8 Å². The van der Waals surface area contributed by atoms with E-state index in [1.54, 1.807) is 7.11 Å². The molecule has 1 heterocycles. The number of likely N-dealkylation sites (tertiary alicyclic amines) is 1. The van der Waals surface area contributed by atoms with Crippen LogP contribution in [0.2, 0.25) is 0 Å². The maximum absolute atomic E-state index is 5.70. The molecule has 1 aliphatic rings. The van der Waals surface area contributed by atoms with Crippen LogP contribution in [0.15, 0.2) is 36.4 Å². The molecule has 118 valence electrons. The molecule has 1 saturated heterocycles. The summed E-state index contributed by atoms with van der Waals surface area (Å²) in [6.45, 7) is 6.40. The summed E-state index contributed by atoms with van der Waals surface area (Å²) < 4.78 is 11.0. The Bertz CT molecular complexity index is 429. The number of hydrogen-bond donors (Lipinski definition) is 0. The van der Waals surface area contributed by atoms with Gasteiger partial charge in [0.1, 0.15) is 6.61 Å². The van der Waals surface area contributed by atoms with Crippen molar-refractivity contribution in [3.63, 3.8) is 0 Å². The van der Waals surface area contributed by atoms with E-state index in [4.69, 9.17) is 9.47 Å². The fourth-order valence-electron chi connectivity index (χ4n) is 2.41. The Balaban J connectivity index is 0.00000220. The number of methoxy groups -OCH3 is 1. The van der Waals surface area contributed by atoms with Gasteiger partial charge in [-0.3, -0.25) is 4.90 Å². The van der Waals surface area contributed by atoms with Gasteiger partial charge in [-0.05, 0) is 44.0 Å². The Hall–Kier alpha value is -1.19. The van der Waals surface area contributed by atoms with Crippen LogP contribution in [0.4, 0.5) is 0 Å². The average molecular weight is 312 g/mol. The third-order valence-corrected chi connectivity index (χ3v) is 3.81. The van der Waals surface area contributed by atoms with Crippen LogP contribution in [0.1, 0.15) is 19.8 Å². The van der Waals surface area contributed by atoms with Crippen LogP contribution >= 0.6 is 12.4 Å². The van der Waals surface area contributed by atoms with Crippen molar-refractivity contribution in [2.75, 3.05) is 33.4 Å². The van der Waals surface area contributed by atoms with Crippen molar-refractivity contribution in [1.29, 1.82) is 0 Å². The Morgan fingerprint density at radius 2 is 1.81 bits per heavy atom. The Morgan fingerprint density at radius 3 is 2.48 bits per heavy atom. The molecule has 0 unspecified atom stereocenters. The Kier molecular flexibility index (Phi) is 8.24. The van der Waals surface area contributed by atoms with E-state index < -0.39 is 0 Å². The number of para-hydroxylation sites is 2. The zero-order chi connectivity index (χ0) is 14.2. The van der Waals surface area contributed by atoms with Gasteiger partial charge in [-0.25, -0.2) is 0 Å². The van der Waals surface area contributed by atoms with E-state index in [0.29, 0.717) is 6.61 Å². The number of halogens is 1. The predicted molar refractivity (Wildman–Crippen MR) is 89.7 cm³/mol. The van der Waals surface area contributed by atoms with E-state index in [-0.39, 0.29) is 12.4 Å². The van der Waals surface area contributed by atoms with Gasteiger partial charge >= 0.3 is 0 Å². The zero-order valence-electron chi connectivity index (χ0n) is 13.0. The number of ether oxygens (including phenoxy) is 2. The summed E-state index contributed by atoms with van der Waals surface area (Å²) in [5.41, 5.74) is 0. The molecule has 1 aromatic carbocycles. The molecular formula is C17H26ClNO2. The third-order valence-electron chi connectivity index (χ3n) is 3.81. The highest BCUT2D eigenvalue weighted by molar-refractivity contribution is 5.85. The largest absolute Gasteiger partial charge is 0.493 e. The number of piperidine rings is 1. The van der Waals surface area contributed by atoms with Gasteiger partial charge in [-0.15, -0.1) is 12.4 Å². The van der Waals surface area contributed by atoms with E-state index in [9.17, 15) is 0 Å². The molecule has 1 aromatic rings. The molecule has 0 N–H and O–H groups in total. The van der Waals surface area contributed by atoms with Gasteiger partial charge < -0.3 is 9.47 Å². The fourth-order valence-corrected chi connectivity index (χ4v) is 2.41. The highest BCUT2D eigenvalue weighted by Crippen LogP contribution is 2.25. The van der Waals surface area contributed by atoms with Crippen LogP contribution < -0.4 is 9.47 Å². The van der Waals surface area contributed by atoms with E-state index >= 15 is 0 Å². The lowest BCUT2D eigenvalue weighted by atomic mass is 9.99. The summed E-state index contributed by atoms with van der Waals surface area (Å²) >= 11 is 0. The van der Waals surface area contributed by atoms with Gasteiger partial charge in [-0.1, -0.05) is 31.2 Å². The highest BCUT2D eigenvalue weighted by atomic mass is 35.5. The molecular weight excluding hydrogens is 286 g/mol. The lowest BCUT2D eigenvalue weighted by Gasteiger charge is -2.29. The molecule has 2 rings (SSSR count). The number of benzene rings is 1. The smallest absolute Gasteiger partial charge is 0.161 e. The minimum Gasteiger partial charge on any atom is -0.493 e. The molecule has 3 nitrogen and oxygen atoms in total. The summed E-state index contributed by atoms with van der Waals surface area (Å²) in [4.78, 5) is 2.50. The first-order valence-electron chi connectivity index (χ1n) is 7.42. The standard InChI is InChI=1S/C17H25NO2.ClH/c1-15-9-12-18(13-10-15)11-5-6-14-20-17-8-4-3-7-16(17)19-2;/h3-8,15H,9-14H2,1-2H3;1H. The monoisotopic (exact) mass is 311 g/mol. The first-order valence-corrected chi connectivity index (χ1v) is 7.42. The maximum Gasteiger partial charge on any atom is 0.161 e. The molecule has 0 aromatic heterocycles. The van der Waals surface area contributed by atoms with Gasteiger partial charge in [0.05, 0.1) is 7.11 Å². The quantitative estimate of drug-likeness (QED) is 0.746. The van der Waals surface area contributed by atoms with Gasteiger partial charge in [0, 0.05) is 6.54 Å². The molecule has 4 heteroatoms. The van der Waals surface area contributed by atoms with E-state index in [0.717, 1.165) is 24.0 Å². The lowest BCUT2D eigenvalue weighted by molar-refractivity contribution is 0.210. The van der Waals surface area contributed by atoms with Crippen molar-refractivity contribution in [3.8, 4) is 11.5 Å². The zero-order valence-corrected chi connectivity index (χ0v) is 13.8. The van der Waals surface area contributed by atoms with Crippen LogP contribution in [-0.2, 0) is 0 Å². The second kappa shape index (κ2) is 9.69. The molecule has 21 heavy (non-hydrogen) atoms. The molecule has 0 aliphatic carbocycles. The molecule has 0 bridgehead atoms. The molecule has 0 amide bonds. The molecule has 0 atom stereocenters. The van der Waals surface area contributed by atoms with Crippen LogP contribution in [0.25, 0.3) is 0 Å². The number of nitrogens with zero attached hydrogens (tertiary/aromatic N) is 1. The summed E-state index contributed by atoms with van der Waals surface area (Å²) in [7, 11) is 1.66. The van der Waals surface area contributed by atoms with Gasteiger partial charge in [0.15, 0.2) is 11.5 Å². The Morgan fingerprint density at radius 1 is 1.14 bits per heavy atom. The van der Waals surface area contributed by atoms with Crippen LogP contribution in [0, 0.1) is 5.92 Å². The highest BCUT2D eigenvalue weighted by Gasteiger charge is 2.13. The van der Waals surface area contributed by atoms with Crippen molar-refractivity contribution < 1.29 is 9.47 Å². The van der Waals surface area contributed by atoms with Crippen molar-refractivity contribution >= 4 is 12.4 Å². The van der Waals surface area contributed by atoms with E-state index in [1.165, 1.54) is 25.9 Å². The lowest BCUT2D eigenvalue weighted by Crippen LogP contribution is -2.32. The van der Waals surface area contributed by atoms with Gasteiger partial charge in [0.25, 0.3) is 0 Å². The van der Waals surface area contributed by atoms with Crippen LogP contribution in [0.3, 0.4) is 0 Å². The normalized spacial score (nSPS) is 16.7. The summed E-state index contributed by atoms with van der Waals surface area (Å²) in [5.74, 6) is 2.47. The minimum absolute atomic E-state index is 0. The van der Waals surface area contributed by atoms with Crippen molar-refractivity contribution in [3.05, 3.63) is 36.4 Å². The second-order valence-corrected chi connectivity index (χ2v) is 5.42. The predicted octanol–water partition coefficient (Wildman–Crippen LogP) is 3.78. The average Bonchev–Trinajstić information content (AvgIpc) is 2.49. The maximum atomic E-state index is 5.70. The second-order valence-electron chi connectivity index (χ2n) is 5.42. The fraction of sp³-hybridized carbons (Fsp3) is 0.529. The SMILES string of the molecule is COc1ccccc1OCC=CCN1CCC(C)CC1.Cl. The summed E-state index contributed by atoms with van der Waals surface area (Å²) in [6, 6.07) is 7.74. The summed E-state index contributed by atoms with van der Waals surface area (Å²) in [6.07, 6.45) is 6.94. The van der Waals surface area contributed by atoms with Gasteiger partial charge in [0.2, 0.25) is 0 Å². The Labute approximate surface area is 134 Å². The minimum atomic E-state index is 0. The first kappa shape index (κ1) is 17.9. The van der Waals surface area contributed by atoms with Gasteiger partial charge in [-0.2, -0.15) is 0 Å². The number of rotatable bonds is 6. The van der Waals surface area contributed by atoms with Crippen molar-refractivity contribution in [2.24, 2.45) is 5.92 Å². The number of hydrogen-bond acceptors (Lipinski definition) is 3.